The molecule has 4 nitrogen and oxygen atoms in total. The number of rotatable bonds is 4. The van der Waals surface area contributed by atoms with Crippen molar-refractivity contribution >= 4 is 17.5 Å². The summed E-state index contributed by atoms with van der Waals surface area (Å²) in [5.41, 5.74) is 2.83. The van der Waals surface area contributed by atoms with Gasteiger partial charge in [0.2, 0.25) is 5.91 Å². The summed E-state index contributed by atoms with van der Waals surface area (Å²) in [6.07, 6.45) is 0. The Morgan fingerprint density at radius 2 is 1.54 bits per heavy atom. The average molecular weight is 332 g/mol. The van der Waals surface area contributed by atoms with Crippen molar-refractivity contribution in [2.75, 3.05) is 11.9 Å². The highest BCUT2D eigenvalue weighted by Crippen LogP contribution is 2.21. The van der Waals surface area contributed by atoms with Crippen LogP contribution in [0.1, 0.15) is 27.0 Å². The average Bonchev–Trinajstić information content (AvgIpc) is 2.48. The van der Waals surface area contributed by atoms with Crippen LogP contribution in [-0.4, -0.2) is 18.4 Å². The Balaban J connectivity index is 2.03. The topological polar surface area (TPSA) is 58.2 Å². The highest BCUT2D eigenvalue weighted by Gasteiger charge is 2.17. The second kappa shape index (κ2) is 7.21. The molecule has 0 aliphatic rings. The molecule has 0 saturated heterocycles. The number of hydrogen-bond donors (Lipinski definition) is 2. The zero-order valence-corrected chi connectivity index (χ0v) is 13.7. The smallest absolute Gasteiger partial charge is 0.257 e. The summed E-state index contributed by atoms with van der Waals surface area (Å²) in [4.78, 5) is 23.8. The second-order valence-electron chi connectivity index (χ2n) is 5.60. The summed E-state index contributed by atoms with van der Waals surface area (Å²) in [5, 5.41) is 4.92. The van der Waals surface area contributed by atoms with Gasteiger partial charge in [0, 0.05) is 5.69 Å². The molecule has 0 radical (unpaired) electrons. The van der Waals surface area contributed by atoms with Crippen LogP contribution in [0.5, 0.6) is 0 Å². The maximum absolute atomic E-state index is 13.5. The van der Waals surface area contributed by atoms with Crippen molar-refractivity contribution in [3.63, 3.8) is 0 Å². The maximum Gasteiger partial charge on any atom is 0.257 e. The maximum atomic E-state index is 13.5. The fourth-order valence-corrected chi connectivity index (χ4v) is 2.52. The number of halogens is 2. The van der Waals surface area contributed by atoms with E-state index >= 15 is 0 Å². The van der Waals surface area contributed by atoms with Crippen molar-refractivity contribution in [1.82, 2.24) is 5.32 Å². The van der Waals surface area contributed by atoms with Gasteiger partial charge in [0.25, 0.3) is 5.91 Å². The van der Waals surface area contributed by atoms with Crippen LogP contribution >= 0.6 is 0 Å². The minimum absolute atomic E-state index is 0.390. The van der Waals surface area contributed by atoms with Gasteiger partial charge in [-0.3, -0.25) is 9.59 Å². The van der Waals surface area contributed by atoms with Crippen LogP contribution in [0.25, 0.3) is 0 Å². The van der Waals surface area contributed by atoms with Crippen molar-refractivity contribution in [1.29, 1.82) is 0 Å². The Hall–Kier alpha value is -2.76. The molecule has 2 aromatic carbocycles. The zero-order chi connectivity index (χ0) is 17.9. The van der Waals surface area contributed by atoms with Crippen LogP contribution in [0.3, 0.4) is 0 Å². The molecule has 6 heteroatoms. The minimum atomic E-state index is -0.974. The summed E-state index contributed by atoms with van der Waals surface area (Å²) in [7, 11) is 0. The van der Waals surface area contributed by atoms with E-state index in [0.29, 0.717) is 5.69 Å². The molecule has 0 fully saturated rings. The third kappa shape index (κ3) is 3.95. The molecule has 0 saturated carbocycles. The number of carbonyl (C=O) groups excluding carboxylic acids is 2. The predicted molar refractivity (Wildman–Crippen MR) is 88.0 cm³/mol. The fraction of sp³-hybridized carbons (Fsp3) is 0.222. The lowest BCUT2D eigenvalue weighted by molar-refractivity contribution is -0.115. The Morgan fingerprint density at radius 1 is 1.00 bits per heavy atom. The Bertz CT molecular complexity index is 760. The van der Waals surface area contributed by atoms with Gasteiger partial charge in [-0.25, -0.2) is 8.78 Å². The second-order valence-corrected chi connectivity index (χ2v) is 5.60. The third-order valence-electron chi connectivity index (χ3n) is 3.54. The van der Waals surface area contributed by atoms with E-state index in [-0.39, 0.29) is 6.54 Å². The molecule has 126 valence electrons. The molecule has 0 unspecified atom stereocenters. The minimum Gasteiger partial charge on any atom is -0.343 e. The van der Waals surface area contributed by atoms with Gasteiger partial charge in [0.15, 0.2) is 0 Å². The molecule has 0 aromatic heterocycles. The Kier molecular flexibility index (Phi) is 5.28. The first-order valence-electron chi connectivity index (χ1n) is 7.39. The van der Waals surface area contributed by atoms with Gasteiger partial charge in [-0.15, -0.1) is 0 Å². The molecule has 0 bridgehead atoms. The molecule has 2 N–H and O–H groups in total. The SMILES string of the molecule is Cc1cc(C)c(NC(=O)CNC(=O)c2c(F)cccc2F)c(C)c1. The first kappa shape index (κ1) is 17.6. The van der Waals surface area contributed by atoms with Gasteiger partial charge in [-0.05, 0) is 44.0 Å². The normalized spacial score (nSPS) is 10.4. The Labute approximate surface area is 138 Å². The molecule has 0 aliphatic heterocycles. The number of carbonyl (C=O) groups is 2. The number of aryl methyl sites for hydroxylation is 3. The molecule has 0 aliphatic carbocycles. The highest BCUT2D eigenvalue weighted by atomic mass is 19.1. The third-order valence-corrected chi connectivity index (χ3v) is 3.54. The fourth-order valence-electron chi connectivity index (χ4n) is 2.52. The van der Waals surface area contributed by atoms with Gasteiger partial charge in [-0.2, -0.15) is 0 Å². The van der Waals surface area contributed by atoms with Gasteiger partial charge < -0.3 is 10.6 Å². The molecule has 24 heavy (non-hydrogen) atoms. The van der Waals surface area contributed by atoms with Gasteiger partial charge in [0.05, 0.1) is 6.54 Å². The van der Waals surface area contributed by atoms with E-state index in [1.165, 1.54) is 0 Å². The van der Waals surface area contributed by atoms with Crippen LogP contribution in [0.4, 0.5) is 14.5 Å². The summed E-state index contributed by atoms with van der Waals surface area (Å²) >= 11 is 0. The predicted octanol–water partition coefficient (Wildman–Crippen LogP) is 3.26. The van der Waals surface area contributed by atoms with E-state index < -0.39 is 29.0 Å². The van der Waals surface area contributed by atoms with Gasteiger partial charge in [-0.1, -0.05) is 23.8 Å². The number of amides is 2. The number of hydrogen-bond acceptors (Lipinski definition) is 2. The van der Waals surface area contributed by atoms with Crippen molar-refractivity contribution in [2.24, 2.45) is 0 Å². The first-order valence-corrected chi connectivity index (χ1v) is 7.39. The lowest BCUT2D eigenvalue weighted by atomic mass is 10.1. The standard InChI is InChI=1S/C18H18F2N2O2/c1-10-7-11(2)17(12(3)8-10)22-15(23)9-21-18(24)16-13(19)5-4-6-14(16)20/h4-8H,9H2,1-3H3,(H,21,24)(H,22,23). The summed E-state index contributed by atoms with van der Waals surface area (Å²) < 4.78 is 27.0. The van der Waals surface area contributed by atoms with E-state index in [0.717, 1.165) is 34.9 Å². The quantitative estimate of drug-likeness (QED) is 0.903. The molecule has 0 atom stereocenters. The van der Waals surface area contributed by atoms with E-state index in [4.69, 9.17) is 0 Å². The van der Waals surface area contributed by atoms with Crippen LogP contribution in [-0.2, 0) is 4.79 Å². The molecular formula is C18H18F2N2O2. The van der Waals surface area contributed by atoms with Crippen molar-refractivity contribution in [2.45, 2.75) is 20.8 Å². The largest absolute Gasteiger partial charge is 0.343 e. The van der Waals surface area contributed by atoms with E-state index in [2.05, 4.69) is 10.6 Å². The number of benzene rings is 2. The lowest BCUT2D eigenvalue weighted by Gasteiger charge is -2.13. The number of nitrogens with one attached hydrogen (secondary N) is 2. The number of anilines is 1. The van der Waals surface area contributed by atoms with Gasteiger partial charge in [0.1, 0.15) is 17.2 Å². The van der Waals surface area contributed by atoms with Crippen molar-refractivity contribution < 1.29 is 18.4 Å². The monoisotopic (exact) mass is 332 g/mol. The highest BCUT2D eigenvalue weighted by molar-refractivity contribution is 6.00. The molecule has 0 spiro atoms. The Morgan fingerprint density at radius 3 is 2.08 bits per heavy atom. The first-order chi connectivity index (χ1) is 11.3. The van der Waals surface area contributed by atoms with Gasteiger partial charge >= 0.3 is 0 Å². The molecule has 2 aromatic rings. The van der Waals surface area contributed by atoms with E-state index in [9.17, 15) is 18.4 Å². The van der Waals surface area contributed by atoms with Crippen molar-refractivity contribution in [3.8, 4) is 0 Å². The van der Waals surface area contributed by atoms with Crippen LogP contribution < -0.4 is 10.6 Å². The van der Waals surface area contributed by atoms with E-state index in [1.807, 2.05) is 32.9 Å². The van der Waals surface area contributed by atoms with Crippen LogP contribution in [0, 0.1) is 32.4 Å². The van der Waals surface area contributed by atoms with Crippen molar-refractivity contribution in [3.05, 3.63) is 64.2 Å². The molecule has 0 heterocycles. The zero-order valence-electron chi connectivity index (χ0n) is 13.7. The van der Waals surface area contributed by atoms with Crippen LogP contribution in [0.2, 0.25) is 0 Å². The van der Waals surface area contributed by atoms with E-state index in [1.54, 1.807) is 0 Å². The molecule has 2 amide bonds. The summed E-state index contributed by atoms with van der Waals surface area (Å²) in [6.45, 7) is 5.29. The lowest BCUT2D eigenvalue weighted by Crippen LogP contribution is -2.34. The summed E-state index contributed by atoms with van der Waals surface area (Å²) in [5.74, 6) is -3.40. The molecule has 2 rings (SSSR count). The van der Waals surface area contributed by atoms with Crippen LogP contribution in [0.15, 0.2) is 30.3 Å². The molecular weight excluding hydrogens is 314 g/mol. The summed E-state index contributed by atoms with van der Waals surface area (Å²) in [6, 6.07) is 6.98.